The normalized spacial score (nSPS) is 11.1. The largest absolute Gasteiger partial charge is 0.465 e. The van der Waals surface area contributed by atoms with Crippen LogP contribution in [0, 0.1) is 28.6 Å². The number of carbonyl (C=O) groups is 1. The van der Waals surface area contributed by atoms with Gasteiger partial charge in [-0.25, -0.2) is 9.18 Å². The van der Waals surface area contributed by atoms with Crippen LogP contribution in [-0.2, 0) is 4.74 Å². The molecule has 32 heavy (non-hydrogen) atoms. The quantitative estimate of drug-likeness (QED) is 0.314. The summed E-state index contributed by atoms with van der Waals surface area (Å²) >= 11 is 0. The molecule has 0 bridgehead atoms. The number of fused-ring (bicyclic) bond motifs is 1. The van der Waals surface area contributed by atoms with Gasteiger partial charge in [0.1, 0.15) is 25.3 Å². The number of hydrogen-bond donors (Lipinski definition) is 1. The number of H-pyrrole nitrogens is 1. The second kappa shape index (κ2) is 8.90. The number of nitrogens with one attached hydrogen (secondary N) is 1. The molecule has 1 N–H and O–H groups in total. The molecule has 2 aromatic carbocycles. The molecule has 5 nitrogen and oxygen atoms in total. The first-order valence-electron chi connectivity index (χ1n) is 10.3. The molecule has 0 radical (unpaired) electrons. The molecule has 0 fully saturated rings. The first-order chi connectivity index (χ1) is 15.1. The van der Waals surface area contributed by atoms with Gasteiger partial charge in [-0.3, -0.25) is 0 Å². The second-order valence-corrected chi connectivity index (χ2v) is 13.6. The Morgan fingerprint density at radius 2 is 1.91 bits per heavy atom. The number of methoxy groups -OCH3 is 1. The Morgan fingerprint density at radius 3 is 2.47 bits per heavy atom. The Balaban J connectivity index is 2.19. The predicted octanol–water partition coefficient (Wildman–Crippen LogP) is 5.74. The molecule has 0 atom stereocenters. The van der Waals surface area contributed by atoms with Gasteiger partial charge >= 0.3 is 5.97 Å². The smallest absolute Gasteiger partial charge is 0.342 e. The Bertz CT molecular complexity index is 1290. The van der Waals surface area contributed by atoms with Crippen LogP contribution < -0.4 is 4.90 Å². The number of aromatic amines is 1. The van der Waals surface area contributed by atoms with E-state index < -0.39 is 19.9 Å². The number of halogens is 1. The molecule has 1 heterocycles. The van der Waals surface area contributed by atoms with Gasteiger partial charge in [-0.15, -0.1) is 5.54 Å². The van der Waals surface area contributed by atoms with Crippen LogP contribution in [0.2, 0.25) is 19.6 Å². The van der Waals surface area contributed by atoms with Gasteiger partial charge < -0.3 is 14.6 Å². The van der Waals surface area contributed by atoms with Crippen molar-refractivity contribution < 1.29 is 13.9 Å². The number of nitriles is 1. The third-order valence-electron chi connectivity index (χ3n) is 4.86. The number of hydrogen-bond acceptors (Lipinski definition) is 4. The lowest BCUT2D eigenvalue weighted by atomic mass is 10.1. The molecule has 7 heteroatoms. The SMILES string of the molecule is COC(=O)c1c(N(c2ccc(C#C[Si](C)(C)C)c(F)c2)C(C)C)[nH]c2cc(C#N)ccc12. The molecule has 1 aromatic heterocycles. The van der Waals surface area contributed by atoms with Crippen LogP contribution in [0.5, 0.6) is 0 Å². The molecule has 0 saturated carbocycles. The molecule has 0 spiro atoms. The van der Waals surface area contributed by atoms with Crippen LogP contribution in [-0.4, -0.2) is 32.2 Å². The van der Waals surface area contributed by atoms with Crippen LogP contribution in [0.1, 0.15) is 35.3 Å². The highest BCUT2D eigenvalue weighted by molar-refractivity contribution is 6.83. The van der Waals surface area contributed by atoms with Crippen molar-refractivity contribution in [2.75, 3.05) is 12.0 Å². The summed E-state index contributed by atoms with van der Waals surface area (Å²) in [6, 6.07) is 11.9. The maximum Gasteiger partial charge on any atom is 0.342 e. The van der Waals surface area contributed by atoms with E-state index in [0.717, 1.165) is 0 Å². The minimum absolute atomic E-state index is 0.111. The summed E-state index contributed by atoms with van der Waals surface area (Å²) < 4.78 is 20.0. The summed E-state index contributed by atoms with van der Waals surface area (Å²) in [6.07, 6.45) is 0. The Hall–Kier alpha value is -3.55. The zero-order valence-corrected chi connectivity index (χ0v) is 20.1. The van der Waals surface area contributed by atoms with E-state index in [1.54, 1.807) is 30.3 Å². The van der Waals surface area contributed by atoms with Crippen LogP contribution in [0.15, 0.2) is 36.4 Å². The highest BCUT2D eigenvalue weighted by Crippen LogP contribution is 2.36. The maximum absolute atomic E-state index is 14.9. The molecule has 0 aliphatic rings. The second-order valence-electron chi connectivity index (χ2n) is 8.84. The summed E-state index contributed by atoms with van der Waals surface area (Å²) in [4.78, 5) is 17.8. The van der Waals surface area contributed by atoms with E-state index in [9.17, 15) is 14.4 Å². The fraction of sp³-hybridized carbons (Fsp3) is 0.280. The van der Waals surface area contributed by atoms with Gasteiger partial charge in [-0.05, 0) is 44.2 Å². The summed E-state index contributed by atoms with van der Waals surface area (Å²) in [5, 5.41) is 9.87. The lowest BCUT2D eigenvalue weighted by Gasteiger charge is -2.29. The summed E-state index contributed by atoms with van der Waals surface area (Å²) in [5.41, 5.74) is 5.54. The zero-order chi connectivity index (χ0) is 23.6. The van der Waals surface area contributed by atoms with Crippen molar-refractivity contribution in [3.63, 3.8) is 0 Å². The van der Waals surface area contributed by atoms with Gasteiger partial charge in [0.2, 0.25) is 0 Å². The van der Waals surface area contributed by atoms with Gasteiger partial charge in [0.15, 0.2) is 0 Å². The molecule has 0 aliphatic carbocycles. The third kappa shape index (κ3) is 4.69. The average Bonchev–Trinajstić information content (AvgIpc) is 3.09. The van der Waals surface area contributed by atoms with Crippen molar-refractivity contribution in [2.45, 2.75) is 39.5 Å². The summed E-state index contributed by atoms with van der Waals surface area (Å²) in [7, 11) is -0.318. The Morgan fingerprint density at radius 1 is 1.19 bits per heavy atom. The highest BCUT2D eigenvalue weighted by Gasteiger charge is 2.26. The topological polar surface area (TPSA) is 69.1 Å². The minimum Gasteiger partial charge on any atom is -0.465 e. The molecule has 0 aliphatic heterocycles. The number of carbonyl (C=O) groups excluding carboxylic acids is 1. The minimum atomic E-state index is -1.64. The van der Waals surface area contributed by atoms with Gasteiger partial charge in [0.25, 0.3) is 0 Å². The highest BCUT2D eigenvalue weighted by atomic mass is 28.3. The standard InChI is InChI=1S/C25H26FN3O2Si/c1-16(2)29(19-9-8-18(21(26)14-19)11-12-32(4,5)6)24-23(25(30)31-3)20-10-7-17(15-27)13-22(20)28-24/h7-10,13-14,16,28H,1-6H3. The van der Waals surface area contributed by atoms with Crippen molar-refractivity contribution >= 4 is 36.5 Å². The number of aromatic nitrogens is 1. The van der Waals surface area contributed by atoms with Crippen molar-refractivity contribution in [3.05, 3.63) is 58.9 Å². The van der Waals surface area contributed by atoms with Crippen LogP contribution in [0.25, 0.3) is 10.9 Å². The molecule has 0 amide bonds. The fourth-order valence-corrected chi connectivity index (χ4v) is 3.95. The number of esters is 1. The number of rotatable bonds is 4. The van der Waals surface area contributed by atoms with E-state index >= 15 is 0 Å². The molecule has 3 rings (SSSR count). The van der Waals surface area contributed by atoms with Crippen molar-refractivity contribution in [3.8, 4) is 17.5 Å². The van der Waals surface area contributed by atoms with Gasteiger partial charge in [0, 0.05) is 22.6 Å². The van der Waals surface area contributed by atoms with Crippen molar-refractivity contribution in [2.24, 2.45) is 0 Å². The third-order valence-corrected chi connectivity index (χ3v) is 5.73. The van der Waals surface area contributed by atoms with Crippen LogP contribution in [0.3, 0.4) is 0 Å². The lowest BCUT2D eigenvalue weighted by Crippen LogP contribution is -2.27. The number of ether oxygens (including phenoxy) is 1. The van der Waals surface area contributed by atoms with E-state index in [1.165, 1.54) is 13.2 Å². The molecule has 0 saturated heterocycles. The lowest BCUT2D eigenvalue weighted by molar-refractivity contribution is 0.0604. The van der Waals surface area contributed by atoms with E-state index in [1.807, 2.05) is 18.7 Å². The van der Waals surface area contributed by atoms with Crippen molar-refractivity contribution in [1.29, 1.82) is 5.26 Å². The average molecular weight is 448 g/mol. The first-order valence-corrected chi connectivity index (χ1v) is 13.8. The molecular formula is C25H26FN3O2Si. The molecule has 3 aromatic rings. The van der Waals surface area contributed by atoms with E-state index in [-0.39, 0.29) is 6.04 Å². The van der Waals surface area contributed by atoms with Crippen LogP contribution >= 0.6 is 0 Å². The molecule has 164 valence electrons. The monoisotopic (exact) mass is 447 g/mol. The Labute approximate surface area is 188 Å². The molecular weight excluding hydrogens is 421 g/mol. The van der Waals surface area contributed by atoms with E-state index in [0.29, 0.717) is 39.1 Å². The predicted molar refractivity (Wildman–Crippen MR) is 128 cm³/mol. The summed E-state index contributed by atoms with van der Waals surface area (Å²) in [6.45, 7) is 10.2. The van der Waals surface area contributed by atoms with Gasteiger partial charge in [-0.2, -0.15) is 5.26 Å². The Kier molecular flexibility index (Phi) is 6.43. The number of anilines is 2. The number of benzene rings is 2. The molecule has 0 unspecified atom stereocenters. The van der Waals surface area contributed by atoms with E-state index in [2.05, 4.69) is 42.2 Å². The van der Waals surface area contributed by atoms with E-state index in [4.69, 9.17) is 4.74 Å². The van der Waals surface area contributed by atoms with Gasteiger partial charge in [-0.1, -0.05) is 31.6 Å². The maximum atomic E-state index is 14.9. The van der Waals surface area contributed by atoms with Gasteiger partial charge in [0.05, 0.1) is 24.3 Å². The summed E-state index contributed by atoms with van der Waals surface area (Å²) in [5.74, 6) is 2.52. The van der Waals surface area contributed by atoms with Crippen molar-refractivity contribution in [1.82, 2.24) is 4.98 Å². The van der Waals surface area contributed by atoms with Crippen LogP contribution in [0.4, 0.5) is 15.9 Å². The number of nitrogens with zero attached hydrogens (tertiary/aromatic N) is 2. The zero-order valence-electron chi connectivity index (χ0n) is 19.1. The fourth-order valence-electron chi connectivity index (χ4n) is 3.44. The first kappa shape index (κ1) is 23.1.